The van der Waals surface area contributed by atoms with Crippen LogP contribution in [0, 0.1) is 3.57 Å². The first-order chi connectivity index (χ1) is 10.00. The fourth-order valence-corrected chi connectivity index (χ4v) is 3.41. The predicted octanol–water partition coefficient (Wildman–Crippen LogP) is 5.01. The molecule has 0 unspecified atom stereocenters. The number of fused-ring (bicyclic) bond motifs is 1. The molecule has 2 heteroatoms. The van der Waals surface area contributed by atoms with Gasteiger partial charge in [0.2, 0.25) is 5.69 Å². The zero-order chi connectivity index (χ0) is 15.0. The summed E-state index contributed by atoms with van der Waals surface area (Å²) in [5.74, 6) is 0. The molecular formula is C19H19IN+. The van der Waals surface area contributed by atoms with Crippen LogP contribution in [0.5, 0.6) is 0 Å². The normalized spacial score (nSPS) is 16.6. The van der Waals surface area contributed by atoms with Crippen LogP contribution in [-0.2, 0) is 5.41 Å². The van der Waals surface area contributed by atoms with E-state index >= 15 is 0 Å². The Balaban J connectivity index is 2.00. The Morgan fingerprint density at radius 2 is 1.62 bits per heavy atom. The Morgan fingerprint density at radius 3 is 2.29 bits per heavy atom. The topological polar surface area (TPSA) is 3.01 Å². The van der Waals surface area contributed by atoms with E-state index in [1.54, 1.807) is 0 Å². The second kappa shape index (κ2) is 5.41. The summed E-state index contributed by atoms with van der Waals surface area (Å²) in [4.78, 5) is 0. The minimum atomic E-state index is 0.0467. The molecule has 1 aliphatic heterocycles. The van der Waals surface area contributed by atoms with Crippen molar-refractivity contribution in [3.63, 3.8) is 0 Å². The second-order valence-corrected chi connectivity index (χ2v) is 7.22. The van der Waals surface area contributed by atoms with Gasteiger partial charge in [-0.1, -0.05) is 30.3 Å². The first-order valence-corrected chi connectivity index (χ1v) is 8.22. The van der Waals surface area contributed by atoms with Crippen LogP contribution in [0.25, 0.3) is 6.08 Å². The molecule has 0 saturated heterocycles. The van der Waals surface area contributed by atoms with Gasteiger partial charge in [0.15, 0.2) is 5.71 Å². The van der Waals surface area contributed by atoms with Gasteiger partial charge in [-0.05, 0) is 60.2 Å². The average molecular weight is 388 g/mol. The van der Waals surface area contributed by atoms with Crippen LogP contribution in [0.3, 0.4) is 0 Å². The van der Waals surface area contributed by atoms with Crippen LogP contribution < -0.4 is 0 Å². The molecule has 0 N–H and O–H groups in total. The van der Waals surface area contributed by atoms with Crippen LogP contribution in [0.2, 0.25) is 0 Å². The Kier molecular flexibility index (Phi) is 3.74. The SMILES string of the molecule is C[N+]1=C(/C=C/c2ccc(I)cc2)C(C)(C)c2ccccc21. The quantitative estimate of drug-likeness (QED) is 0.503. The fourth-order valence-electron chi connectivity index (χ4n) is 3.05. The zero-order valence-electron chi connectivity index (χ0n) is 12.6. The molecule has 106 valence electrons. The standard InChI is InChI=1S/C19H19IN/c1-19(2)16-6-4-5-7-17(16)21(3)18(19)13-10-14-8-11-15(20)12-9-14/h4-13H,1-3H3/q+1/b13-10+. The monoisotopic (exact) mass is 388 g/mol. The first-order valence-electron chi connectivity index (χ1n) is 7.14. The number of halogens is 1. The maximum absolute atomic E-state index is 2.33. The van der Waals surface area contributed by atoms with Crippen molar-refractivity contribution < 1.29 is 4.58 Å². The van der Waals surface area contributed by atoms with Gasteiger partial charge in [0.05, 0.1) is 5.41 Å². The molecule has 0 aliphatic carbocycles. The maximum Gasteiger partial charge on any atom is 0.209 e. The van der Waals surface area contributed by atoms with Crippen molar-refractivity contribution in [3.05, 3.63) is 69.3 Å². The van der Waals surface area contributed by atoms with Crippen molar-refractivity contribution in [2.24, 2.45) is 0 Å². The molecule has 2 aromatic carbocycles. The van der Waals surface area contributed by atoms with Gasteiger partial charge in [-0.15, -0.1) is 0 Å². The lowest BCUT2D eigenvalue weighted by molar-refractivity contribution is -0.401. The number of hydrogen-bond donors (Lipinski definition) is 0. The molecule has 1 nitrogen and oxygen atoms in total. The van der Waals surface area contributed by atoms with Gasteiger partial charge in [0.25, 0.3) is 0 Å². The molecule has 0 atom stereocenters. The Hall–Kier alpha value is -1.42. The van der Waals surface area contributed by atoms with Crippen LogP contribution in [-0.4, -0.2) is 17.3 Å². The molecule has 0 saturated carbocycles. The number of allylic oxidation sites excluding steroid dienone is 1. The van der Waals surface area contributed by atoms with Gasteiger partial charge in [-0.25, -0.2) is 0 Å². The van der Waals surface area contributed by atoms with Crippen molar-refractivity contribution in [1.82, 2.24) is 0 Å². The largest absolute Gasteiger partial charge is 0.209 e. The Bertz CT molecular complexity index is 736. The maximum atomic E-state index is 2.33. The van der Waals surface area contributed by atoms with E-state index in [1.165, 1.54) is 26.1 Å². The lowest BCUT2D eigenvalue weighted by atomic mass is 9.81. The summed E-state index contributed by atoms with van der Waals surface area (Å²) >= 11 is 2.33. The summed E-state index contributed by atoms with van der Waals surface area (Å²) in [6, 6.07) is 17.3. The molecule has 1 aliphatic rings. The summed E-state index contributed by atoms with van der Waals surface area (Å²) in [5, 5.41) is 0. The predicted molar refractivity (Wildman–Crippen MR) is 98.5 cm³/mol. The molecule has 0 radical (unpaired) electrons. The lowest BCUT2D eigenvalue weighted by Gasteiger charge is -2.15. The minimum absolute atomic E-state index is 0.0467. The van der Waals surface area contributed by atoms with Gasteiger partial charge in [0, 0.05) is 21.3 Å². The highest BCUT2D eigenvalue weighted by atomic mass is 127. The fraction of sp³-hybridized carbons (Fsp3) is 0.211. The molecule has 0 aromatic heterocycles. The highest BCUT2D eigenvalue weighted by Gasteiger charge is 2.42. The molecule has 21 heavy (non-hydrogen) atoms. The van der Waals surface area contributed by atoms with Gasteiger partial charge >= 0.3 is 0 Å². The summed E-state index contributed by atoms with van der Waals surface area (Å²) in [6.07, 6.45) is 4.46. The molecule has 2 aromatic rings. The van der Waals surface area contributed by atoms with Gasteiger partial charge in [0.1, 0.15) is 7.05 Å². The van der Waals surface area contributed by atoms with Gasteiger partial charge in [-0.3, -0.25) is 0 Å². The van der Waals surface area contributed by atoms with E-state index in [2.05, 4.69) is 109 Å². The first kappa shape index (κ1) is 14.5. The molecule has 1 heterocycles. The van der Waals surface area contributed by atoms with Crippen LogP contribution in [0.15, 0.2) is 54.6 Å². The van der Waals surface area contributed by atoms with Crippen molar-refractivity contribution >= 4 is 40.1 Å². The third-order valence-corrected chi connectivity index (χ3v) is 4.96. The second-order valence-electron chi connectivity index (χ2n) is 5.97. The molecule has 0 bridgehead atoms. The number of benzene rings is 2. The van der Waals surface area contributed by atoms with E-state index in [1.807, 2.05) is 0 Å². The number of para-hydroxylation sites is 1. The summed E-state index contributed by atoms with van der Waals surface area (Å²) in [7, 11) is 2.15. The van der Waals surface area contributed by atoms with Crippen molar-refractivity contribution in [2.75, 3.05) is 7.05 Å². The highest BCUT2D eigenvalue weighted by Crippen LogP contribution is 2.39. The van der Waals surface area contributed by atoms with Crippen LogP contribution >= 0.6 is 22.6 Å². The van der Waals surface area contributed by atoms with E-state index in [-0.39, 0.29) is 5.41 Å². The van der Waals surface area contributed by atoms with Gasteiger partial charge < -0.3 is 0 Å². The summed E-state index contributed by atoms with van der Waals surface area (Å²) < 4.78 is 3.57. The third-order valence-electron chi connectivity index (χ3n) is 4.24. The minimum Gasteiger partial charge on any atom is -0.198 e. The highest BCUT2D eigenvalue weighted by molar-refractivity contribution is 14.1. The Morgan fingerprint density at radius 1 is 0.952 bits per heavy atom. The molecular weight excluding hydrogens is 369 g/mol. The van der Waals surface area contributed by atoms with Crippen molar-refractivity contribution in [1.29, 1.82) is 0 Å². The van der Waals surface area contributed by atoms with Gasteiger partial charge in [-0.2, -0.15) is 4.58 Å². The van der Waals surface area contributed by atoms with Crippen LogP contribution in [0.1, 0.15) is 25.0 Å². The summed E-state index contributed by atoms with van der Waals surface area (Å²) in [5.41, 5.74) is 5.33. The van der Waals surface area contributed by atoms with E-state index in [0.29, 0.717) is 0 Å². The van der Waals surface area contributed by atoms with Crippen LogP contribution in [0.4, 0.5) is 5.69 Å². The smallest absolute Gasteiger partial charge is 0.198 e. The molecule has 0 fully saturated rings. The van der Waals surface area contributed by atoms with E-state index in [0.717, 1.165) is 0 Å². The van der Waals surface area contributed by atoms with Crippen molar-refractivity contribution in [2.45, 2.75) is 19.3 Å². The zero-order valence-corrected chi connectivity index (χ0v) is 14.8. The number of hydrogen-bond acceptors (Lipinski definition) is 0. The van der Waals surface area contributed by atoms with E-state index in [9.17, 15) is 0 Å². The molecule has 3 rings (SSSR count). The average Bonchev–Trinajstić information content (AvgIpc) is 2.67. The Labute approximate surface area is 140 Å². The third kappa shape index (κ3) is 2.57. The lowest BCUT2D eigenvalue weighted by Crippen LogP contribution is -2.26. The number of nitrogens with zero attached hydrogens (tertiary/aromatic N) is 1. The van der Waals surface area contributed by atoms with Crippen molar-refractivity contribution in [3.8, 4) is 0 Å². The van der Waals surface area contributed by atoms with E-state index < -0.39 is 0 Å². The summed E-state index contributed by atoms with van der Waals surface area (Å²) in [6.45, 7) is 4.59. The number of rotatable bonds is 2. The van der Waals surface area contributed by atoms with E-state index in [4.69, 9.17) is 0 Å². The molecule has 0 spiro atoms. The molecule has 0 amide bonds.